The molecule has 0 heterocycles. The fourth-order valence-corrected chi connectivity index (χ4v) is 0.934. The van der Waals surface area contributed by atoms with Crippen molar-refractivity contribution in [1.82, 2.24) is 0 Å². The van der Waals surface area contributed by atoms with Crippen molar-refractivity contribution in [3.8, 4) is 5.75 Å². The molecule has 72 valence electrons. The number of halogens is 1. The Labute approximate surface area is 77.5 Å². The predicted octanol–water partition coefficient (Wildman–Crippen LogP) is 2.59. The van der Waals surface area contributed by atoms with Crippen molar-refractivity contribution in [3.05, 3.63) is 24.0 Å². The van der Waals surface area contributed by atoms with E-state index >= 15 is 0 Å². The highest BCUT2D eigenvalue weighted by Crippen LogP contribution is 2.25. The molecule has 1 rings (SSSR count). The molecule has 0 aromatic heterocycles. The van der Waals surface area contributed by atoms with Gasteiger partial charge in [-0.2, -0.15) is 0 Å². The summed E-state index contributed by atoms with van der Waals surface area (Å²) < 4.78 is 18.5. The summed E-state index contributed by atoms with van der Waals surface area (Å²) >= 11 is 0. The Balaban J connectivity index is 2.87. The van der Waals surface area contributed by atoms with Crippen LogP contribution in [0.5, 0.6) is 5.75 Å². The number of para-hydroxylation sites is 1. The molecule has 1 unspecified atom stereocenters. The summed E-state index contributed by atoms with van der Waals surface area (Å²) in [6, 6.07) is 4.53. The van der Waals surface area contributed by atoms with Gasteiger partial charge >= 0.3 is 0 Å². The van der Waals surface area contributed by atoms with Gasteiger partial charge in [-0.3, -0.25) is 0 Å². The molecular weight excluding hydrogens is 169 g/mol. The van der Waals surface area contributed by atoms with Gasteiger partial charge in [0.2, 0.25) is 0 Å². The van der Waals surface area contributed by atoms with Crippen LogP contribution in [0.25, 0.3) is 0 Å². The Morgan fingerprint density at radius 1 is 1.54 bits per heavy atom. The molecule has 0 aliphatic heterocycles. The van der Waals surface area contributed by atoms with E-state index in [2.05, 4.69) is 0 Å². The average Bonchev–Trinajstić information content (AvgIpc) is 2.11. The highest BCUT2D eigenvalue weighted by atomic mass is 19.1. The summed E-state index contributed by atoms with van der Waals surface area (Å²) in [6.45, 7) is 3.85. The van der Waals surface area contributed by atoms with E-state index in [1.54, 1.807) is 12.1 Å². The second-order valence-corrected chi connectivity index (χ2v) is 2.99. The fraction of sp³-hybridized carbons (Fsp3) is 0.400. The van der Waals surface area contributed by atoms with E-state index < -0.39 is 5.82 Å². The van der Waals surface area contributed by atoms with Crippen molar-refractivity contribution in [3.63, 3.8) is 0 Å². The minimum Gasteiger partial charge on any atom is -0.485 e. The van der Waals surface area contributed by atoms with Gasteiger partial charge in [0.15, 0.2) is 11.6 Å². The first kappa shape index (κ1) is 9.84. The highest BCUT2D eigenvalue weighted by Gasteiger charge is 2.09. The van der Waals surface area contributed by atoms with Gasteiger partial charge in [0.1, 0.15) is 0 Å². The number of hydrogen-bond donors (Lipinski definition) is 1. The third-order valence-corrected chi connectivity index (χ3v) is 1.89. The molecule has 0 bridgehead atoms. The zero-order chi connectivity index (χ0) is 9.84. The van der Waals surface area contributed by atoms with E-state index in [1.165, 1.54) is 6.07 Å². The molecular formula is C10H14FNO. The number of nitrogens with two attached hydrogens (primary N) is 1. The molecule has 0 aliphatic rings. The van der Waals surface area contributed by atoms with Gasteiger partial charge in [0.05, 0.1) is 11.8 Å². The van der Waals surface area contributed by atoms with Crippen molar-refractivity contribution in [2.45, 2.75) is 26.4 Å². The van der Waals surface area contributed by atoms with Crippen molar-refractivity contribution in [2.75, 3.05) is 5.73 Å². The summed E-state index contributed by atoms with van der Waals surface area (Å²) in [5, 5.41) is 0. The molecule has 2 nitrogen and oxygen atoms in total. The maximum Gasteiger partial charge on any atom is 0.178 e. The lowest BCUT2D eigenvalue weighted by atomic mass is 10.2. The summed E-state index contributed by atoms with van der Waals surface area (Å²) in [5.74, 6) is -0.239. The molecule has 13 heavy (non-hydrogen) atoms. The molecule has 1 atom stereocenters. The van der Waals surface area contributed by atoms with Gasteiger partial charge in [-0.05, 0) is 25.5 Å². The zero-order valence-corrected chi connectivity index (χ0v) is 7.88. The molecule has 0 saturated carbocycles. The molecule has 1 aromatic rings. The minimum absolute atomic E-state index is 0.0146. The quantitative estimate of drug-likeness (QED) is 0.731. The largest absolute Gasteiger partial charge is 0.485 e. The van der Waals surface area contributed by atoms with E-state index in [4.69, 9.17) is 10.5 Å². The molecule has 1 aromatic carbocycles. The third kappa shape index (κ3) is 2.34. The van der Waals surface area contributed by atoms with E-state index in [1.807, 2.05) is 13.8 Å². The van der Waals surface area contributed by atoms with Gasteiger partial charge in [-0.15, -0.1) is 0 Å². The number of rotatable bonds is 3. The van der Waals surface area contributed by atoms with Crippen LogP contribution in [-0.4, -0.2) is 6.10 Å². The number of ether oxygens (including phenoxy) is 1. The number of hydrogen-bond acceptors (Lipinski definition) is 2. The topological polar surface area (TPSA) is 35.2 Å². The van der Waals surface area contributed by atoms with Crippen molar-refractivity contribution < 1.29 is 9.13 Å². The smallest absolute Gasteiger partial charge is 0.178 e. The van der Waals surface area contributed by atoms with Gasteiger partial charge < -0.3 is 10.5 Å². The van der Waals surface area contributed by atoms with Gasteiger partial charge in [-0.25, -0.2) is 4.39 Å². The lowest BCUT2D eigenvalue weighted by molar-refractivity contribution is 0.209. The maximum absolute atomic E-state index is 13.1. The monoisotopic (exact) mass is 183 g/mol. The van der Waals surface area contributed by atoms with Crippen LogP contribution in [0.2, 0.25) is 0 Å². The molecule has 0 fully saturated rings. The summed E-state index contributed by atoms with van der Waals surface area (Å²) in [4.78, 5) is 0. The molecule has 0 spiro atoms. The Bertz CT molecular complexity index is 268. The Kier molecular flexibility index (Phi) is 3.12. The normalized spacial score (nSPS) is 12.5. The Hall–Kier alpha value is -1.25. The third-order valence-electron chi connectivity index (χ3n) is 1.89. The Morgan fingerprint density at radius 3 is 2.77 bits per heavy atom. The summed E-state index contributed by atoms with van der Waals surface area (Å²) in [7, 11) is 0. The second-order valence-electron chi connectivity index (χ2n) is 2.99. The summed E-state index contributed by atoms with van der Waals surface area (Å²) in [5.41, 5.74) is 5.91. The Morgan fingerprint density at radius 2 is 2.23 bits per heavy atom. The van der Waals surface area contributed by atoms with Gasteiger partial charge in [0.25, 0.3) is 0 Å². The van der Waals surface area contributed by atoms with Crippen LogP contribution in [0.3, 0.4) is 0 Å². The average molecular weight is 183 g/mol. The van der Waals surface area contributed by atoms with Crippen LogP contribution in [0.15, 0.2) is 18.2 Å². The first-order valence-corrected chi connectivity index (χ1v) is 4.35. The van der Waals surface area contributed by atoms with Crippen LogP contribution in [0.4, 0.5) is 10.1 Å². The minimum atomic E-state index is -0.402. The maximum atomic E-state index is 13.1. The predicted molar refractivity (Wildman–Crippen MR) is 51.2 cm³/mol. The fourth-order valence-electron chi connectivity index (χ4n) is 0.934. The van der Waals surface area contributed by atoms with Crippen LogP contribution in [-0.2, 0) is 0 Å². The standard InChI is InChI=1S/C10H14FNO/c1-3-7(2)13-10-8(11)5-4-6-9(10)12/h4-7H,3,12H2,1-2H3. The van der Waals surface area contributed by atoms with Gasteiger partial charge in [0, 0.05) is 0 Å². The number of anilines is 1. The molecule has 3 heteroatoms. The van der Waals surface area contributed by atoms with E-state index in [0.29, 0.717) is 5.69 Å². The van der Waals surface area contributed by atoms with Crippen LogP contribution < -0.4 is 10.5 Å². The SMILES string of the molecule is CCC(C)Oc1c(N)cccc1F. The lowest BCUT2D eigenvalue weighted by Crippen LogP contribution is -2.12. The van der Waals surface area contributed by atoms with E-state index in [0.717, 1.165) is 6.42 Å². The molecule has 0 amide bonds. The molecule has 0 radical (unpaired) electrons. The zero-order valence-electron chi connectivity index (χ0n) is 7.88. The molecule has 0 aliphatic carbocycles. The van der Waals surface area contributed by atoms with Crippen LogP contribution in [0, 0.1) is 5.82 Å². The van der Waals surface area contributed by atoms with E-state index in [9.17, 15) is 4.39 Å². The van der Waals surface area contributed by atoms with Crippen LogP contribution >= 0.6 is 0 Å². The molecule has 0 saturated heterocycles. The first-order valence-electron chi connectivity index (χ1n) is 4.35. The van der Waals surface area contributed by atoms with E-state index in [-0.39, 0.29) is 11.9 Å². The number of nitrogen functional groups attached to an aromatic ring is 1. The molecule has 2 N–H and O–H groups in total. The van der Waals surface area contributed by atoms with Crippen molar-refractivity contribution in [1.29, 1.82) is 0 Å². The van der Waals surface area contributed by atoms with Gasteiger partial charge in [-0.1, -0.05) is 13.0 Å². The van der Waals surface area contributed by atoms with Crippen LogP contribution in [0.1, 0.15) is 20.3 Å². The summed E-state index contributed by atoms with van der Waals surface area (Å²) in [6.07, 6.45) is 0.813. The first-order chi connectivity index (χ1) is 6.15. The van der Waals surface area contributed by atoms with Crippen molar-refractivity contribution >= 4 is 5.69 Å². The highest BCUT2D eigenvalue weighted by molar-refractivity contribution is 5.52. The second kappa shape index (κ2) is 4.12. The number of benzene rings is 1. The lowest BCUT2D eigenvalue weighted by Gasteiger charge is -2.14. The van der Waals surface area contributed by atoms with Crippen molar-refractivity contribution in [2.24, 2.45) is 0 Å².